The maximum Gasteiger partial charge on any atom is 0.196 e. The van der Waals surface area contributed by atoms with Crippen molar-refractivity contribution in [2.75, 3.05) is 11.4 Å². The quantitative estimate of drug-likeness (QED) is 0.897. The molecule has 2 N–H and O–H groups in total. The third kappa shape index (κ3) is 2.76. The fraction of sp³-hybridized carbons (Fsp3) is 0.133. The molecule has 1 unspecified atom stereocenters. The summed E-state index contributed by atoms with van der Waals surface area (Å²) in [6, 6.07) is 10.7. The predicted octanol–water partition coefficient (Wildman–Crippen LogP) is 3.60. The van der Waals surface area contributed by atoms with Crippen LogP contribution in [0.1, 0.15) is 11.6 Å². The number of halogens is 3. The van der Waals surface area contributed by atoms with Gasteiger partial charge in [-0.05, 0) is 35.9 Å². The molecule has 1 aliphatic heterocycles. The Labute approximate surface area is 129 Å². The average molecular weight is 352 g/mol. The number of nitrogens with two attached hydrogens (primary N) is 1. The van der Waals surface area contributed by atoms with Crippen LogP contribution in [0, 0.1) is 11.6 Å². The van der Waals surface area contributed by atoms with Gasteiger partial charge in [-0.1, -0.05) is 22.0 Å². The first-order valence-corrected chi connectivity index (χ1v) is 7.14. The highest BCUT2D eigenvalue weighted by atomic mass is 79.9. The smallest absolute Gasteiger partial charge is 0.196 e. The Hall–Kier alpha value is -1.95. The molecule has 0 amide bonds. The Bertz CT molecular complexity index is 698. The zero-order valence-electron chi connectivity index (χ0n) is 10.9. The molecule has 1 atom stereocenters. The summed E-state index contributed by atoms with van der Waals surface area (Å²) in [6.07, 6.45) is 0. The molecule has 0 spiro atoms. The molecular formula is C15H12BrF2N3. The molecule has 1 aliphatic rings. The van der Waals surface area contributed by atoms with E-state index in [1.807, 2.05) is 24.3 Å². The molecule has 2 aromatic carbocycles. The summed E-state index contributed by atoms with van der Waals surface area (Å²) in [5.74, 6) is -0.878. The number of rotatable bonds is 2. The summed E-state index contributed by atoms with van der Waals surface area (Å²) in [5, 5.41) is 0. The van der Waals surface area contributed by atoms with Gasteiger partial charge in [0.2, 0.25) is 0 Å². The Morgan fingerprint density at radius 3 is 2.52 bits per heavy atom. The predicted molar refractivity (Wildman–Crippen MR) is 82.2 cm³/mol. The van der Waals surface area contributed by atoms with Gasteiger partial charge in [0.25, 0.3) is 0 Å². The van der Waals surface area contributed by atoms with Gasteiger partial charge < -0.3 is 10.6 Å². The minimum atomic E-state index is -0.607. The number of hydrogen-bond acceptors (Lipinski definition) is 3. The number of guanidine groups is 1. The lowest BCUT2D eigenvalue weighted by Gasteiger charge is -2.27. The highest BCUT2D eigenvalue weighted by Gasteiger charge is 2.29. The normalized spacial score (nSPS) is 18.0. The highest BCUT2D eigenvalue weighted by Crippen LogP contribution is 2.32. The van der Waals surface area contributed by atoms with Gasteiger partial charge in [0.15, 0.2) is 5.96 Å². The first kappa shape index (κ1) is 14.0. The fourth-order valence-corrected chi connectivity index (χ4v) is 2.84. The van der Waals surface area contributed by atoms with Crippen LogP contribution in [0.2, 0.25) is 0 Å². The van der Waals surface area contributed by atoms with E-state index in [1.165, 1.54) is 12.1 Å². The van der Waals surface area contributed by atoms with Crippen LogP contribution in [0.4, 0.5) is 14.5 Å². The largest absolute Gasteiger partial charge is 0.369 e. The molecule has 0 saturated heterocycles. The zero-order valence-corrected chi connectivity index (χ0v) is 12.5. The van der Waals surface area contributed by atoms with Crippen molar-refractivity contribution < 1.29 is 8.78 Å². The van der Waals surface area contributed by atoms with Crippen LogP contribution in [0.15, 0.2) is 51.9 Å². The molecule has 2 aromatic rings. The number of hydrogen-bond donors (Lipinski definition) is 1. The molecule has 3 nitrogen and oxygen atoms in total. The van der Waals surface area contributed by atoms with E-state index in [0.29, 0.717) is 18.1 Å². The van der Waals surface area contributed by atoms with Crippen molar-refractivity contribution in [2.24, 2.45) is 10.7 Å². The second-order valence-corrected chi connectivity index (χ2v) is 5.68. The van der Waals surface area contributed by atoms with Crippen LogP contribution in [-0.4, -0.2) is 12.5 Å². The number of nitrogens with zero attached hydrogens (tertiary/aromatic N) is 2. The van der Waals surface area contributed by atoms with Gasteiger partial charge in [0, 0.05) is 16.2 Å². The SMILES string of the molecule is NC1=NCC(c2cc(F)cc(F)c2)N1c1cccc(Br)c1. The molecule has 0 radical (unpaired) electrons. The van der Waals surface area contributed by atoms with Gasteiger partial charge in [-0.25, -0.2) is 8.78 Å². The van der Waals surface area contributed by atoms with Crippen LogP contribution in [0.5, 0.6) is 0 Å². The monoisotopic (exact) mass is 351 g/mol. The van der Waals surface area contributed by atoms with Crippen molar-refractivity contribution in [3.05, 3.63) is 64.1 Å². The third-order valence-electron chi connectivity index (χ3n) is 3.34. The lowest BCUT2D eigenvalue weighted by Crippen LogP contribution is -2.36. The Morgan fingerprint density at radius 2 is 1.86 bits per heavy atom. The van der Waals surface area contributed by atoms with Gasteiger partial charge in [-0.15, -0.1) is 0 Å². The lowest BCUT2D eigenvalue weighted by atomic mass is 10.1. The molecule has 6 heteroatoms. The molecule has 108 valence electrons. The van der Waals surface area contributed by atoms with E-state index >= 15 is 0 Å². The van der Waals surface area contributed by atoms with Crippen LogP contribution in [-0.2, 0) is 0 Å². The molecule has 0 saturated carbocycles. The van der Waals surface area contributed by atoms with Crippen LogP contribution >= 0.6 is 15.9 Å². The van der Waals surface area contributed by atoms with Crippen LogP contribution in [0.25, 0.3) is 0 Å². The summed E-state index contributed by atoms with van der Waals surface area (Å²) >= 11 is 3.40. The van der Waals surface area contributed by atoms with Gasteiger partial charge in [0.05, 0.1) is 12.6 Å². The van der Waals surface area contributed by atoms with Crippen molar-refractivity contribution in [1.29, 1.82) is 0 Å². The second-order valence-electron chi connectivity index (χ2n) is 4.77. The van der Waals surface area contributed by atoms with E-state index < -0.39 is 11.6 Å². The summed E-state index contributed by atoms with van der Waals surface area (Å²) in [5.41, 5.74) is 7.27. The standard InChI is InChI=1S/C15H12BrF2N3/c16-10-2-1-3-13(6-10)21-14(8-20-15(21)19)9-4-11(17)7-12(18)5-9/h1-7,14H,8H2,(H2,19,20). The summed E-state index contributed by atoms with van der Waals surface area (Å²) in [7, 11) is 0. The van der Waals surface area contributed by atoms with Gasteiger partial charge in [-0.3, -0.25) is 4.99 Å². The van der Waals surface area contributed by atoms with E-state index in [-0.39, 0.29) is 6.04 Å². The molecule has 1 heterocycles. The van der Waals surface area contributed by atoms with Crippen LogP contribution < -0.4 is 10.6 Å². The van der Waals surface area contributed by atoms with Gasteiger partial charge in [0.1, 0.15) is 11.6 Å². The molecule has 21 heavy (non-hydrogen) atoms. The van der Waals surface area contributed by atoms with E-state index in [0.717, 1.165) is 16.2 Å². The number of benzene rings is 2. The van der Waals surface area contributed by atoms with E-state index in [2.05, 4.69) is 20.9 Å². The van der Waals surface area contributed by atoms with E-state index in [9.17, 15) is 8.78 Å². The van der Waals surface area contributed by atoms with Crippen molar-refractivity contribution in [3.63, 3.8) is 0 Å². The van der Waals surface area contributed by atoms with Crippen molar-refractivity contribution >= 4 is 27.6 Å². The van der Waals surface area contributed by atoms with E-state index in [4.69, 9.17) is 5.73 Å². The molecular weight excluding hydrogens is 340 g/mol. The minimum absolute atomic E-state index is 0.315. The number of aliphatic imine (C=N–C) groups is 1. The fourth-order valence-electron chi connectivity index (χ4n) is 2.46. The molecule has 3 rings (SSSR count). The Balaban J connectivity index is 2.02. The molecule has 0 fully saturated rings. The lowest BCUT2D eigenvalue weighted by molar-refractivity contribution is 0.575. The summed E-state index contributed by atoms with van der Waals surface area (Å²) in [4.78, 5) is 5.98. The first-order chi connectivity index (χ1) is 10.0. The first-order valence-electron chi connectivity index (χ1n) is 6.35. The topological polar surface area (TPSA) is 41.6 Å². The van der Waals surface area contributed by atoms with E-state index in [1.54, 1.807) is 4.90 Å². The van der Waals surface area contributed by atoms with Gasteiger partial charge >= 0.3 is 0 Å². The Kier molecular flexibility index (Phi) is 3.63. The van der Waals surface area contributed by atoms with Crippen LogP contribution in [0.3, 0.4) is 0 Å². The Morgan fingerprint density at radius 1 is 1.14 bits per heavy atom. The van der Waals surface area contributed by atoms with Crippen molar-refractivity contribution in [1.82, 2.24) is 0 Å². The molecule has 0 aromatic heterocycles. The average Bonchev–Trinajstić information content (AvgIpc) is 2.79. The molecule has 0 bridgehead atoms. The van der Waals surface area contributed by atoms with Crippen molar-refractivity contribution in [3.8, 4) is 0 Å². The zero-order chi connectivity index (χ0) is 15.0. The summed E-state index contributed by atoms with van der Waals surface area (Å²) in [6.45, 7) is 0.362. The maximum atomic E-state index is 13.4. The highest BCUT2D eigenvalue weighted by molar-refractivity contribution is 9.10. The molecule has 0 aliphatic carbocycles. The van der Waals surface area contributed by atoms with Gasteiger partial charge in [-0.2, -0.15) is 0 Å². The number of anilines is 1. The summed E-state index contributed by atoms with van der Waals surface area (Å²) < 4.78 is 27.8. The second kappa shape index (κ2) is 5.44. The maximum absolute atomic E-state index is 13.4. The third-order valence-corrected chi connectivity index (χ3v) is 3.83. The van der Waals surface area contributed by atoms with Crippen molar-refractivity contribution in [2.45, 2.75) is 6.04 Å². The minimum Gasteiger partial charge on any atom is -0.369 e.